The Bertz CT molecular complexity index is 528. The lowest BCUT2D eigenvalue weighted by molar-refractivity contribution is 0.245. The highest BCUT2D eigenvalue weighted by molar-refractivity contribution is 5.26. The smallest absolute Gasteiger partial charge is 0.138 e. The lowest BCUT2D eigenvalue weighted by Gasteiger charge is -2.24. The maximum atomic E-state index is 5.33. The van der Waals surface area contributed by atoms with Gasteiger partial charge in [0.25, 0.3) is 0 Å². The van der Waals surface area contributed by atoms with Gasteiger partial charge in [-0.2, -0.15) is 0 Å². The van der Waals surface area contributed by atoms with Crippen molar-refractivity contribution in [1.82, 2.24) is 10.1 Å². The first-order valence-corrected chi connectivity index (χ1v) is 6.96. The van der Waals surface area contributed by atoms with Gasteiger partial charge in [0.05, 0.1) is 5.69 Å². The van der Waals surface area contributed by atoms with Crippen LogP contribution in [-0.2, 0) is 6.54 Å². The van der Waals surface area contributed by atoms with Crippen molar-refractivity contribution >= 4 is 0 Å². The summed E-state index contributed by atoms with van der Waals surface area (Å²) in [5, 5.41) is 4.10. The molecule has 1 aliphatic heterocycles. The van der Waals surface area contributed by atoms with Crippen LogP contribution in [0.1, 0.15) is 41.5 Å². The molecule has 1 aliphatic rings. The Balaban J connectivity index is 1.82. The molecular weight excluding hydrogens is 236 g/mol. The molecule has 3 nitrogen and oxygen atoms in total. The minimum Gasteiger partial charge on any atom is -0.361 e. The van der Waals surface area contributed by atoms with Crippen LogP contribution >= 0.6 is 0 Å². The second kappa shape index (κ2) is 5.17. The zero-order valence-electron chi connectivity index (χ0n) is 11.6. The lowest BCUT2D eigenvalue weighted by atomic mass is 10.0. The van der Waals surface area contributed by atoms with E-state index in [4.69, 9.17) is 4.52 Å². The fourth-order valence-electron chi connectivity index (χ4n) is 3.13. The van der Waals surface area contributed by atoms with E-state index in [1.54, 1.807) is 0 Å². The number of rotatable bonds is 3. The summed E-state index contributed by atoms with van der Waals surface area (Å²) in [5.74, 6) is 0.975. The number of hydrogen-bond donors (Lipinski definition) is 0. The molecule has 1 saturated heterocycles. The van der Waals surface area contributed by atoms with Crippen LogP contribution in [0.4, 0.5) is 0 Å². The molecule has 0 radical (unpaired) electrons. The molecule has 19 heavy (non-hydrogen) atoms. The van der Waals surface area contributed by atoms with Gasteiger partial charge in [-0.25, -0.2) is 0 Å². The second-order valence-corrected chi connectivity index (χ2v) is 5.35. The highest BCUT2D eigenvalue weighted by Crippen LogP contribution is 2.36. The molecule has 0 saturated carbocycles. The van der Waals surface area contributed by atoms with E-state index in [9.17, 15) is 0 Å². The Labute approximate surface area is 114 Å². The topological polar surface area (TPSA) is 29.3 Å². The molecule has 0 bridgehead atoms. The molecule has 2 aromatic rings. The van der Waals surface area contributed by atoms with Crippen LogP contribution in [0, 0.1) is 13.8 Å². The number of aryl methyl sites for hydroxylation is 2. The standard InChI is InChI=1S/C16H20N2O/c1-12-16(13(2)19-17-12)15-9-6-10-18(15)11-14-7-4-3-5-8-14/h3-5,7-8,15H,6,9-11H2,1-2H3/t15-/m0/s1. The first kappa shape index (κ1) is 12.4. The van der Waals surface area contributed by atoms with Gasteiger partial charge in [0.15, 0.2) is 0 Å². The van der Waals surface area contributed by atoms with E-state index in [2.05, 4.69) is 40.4 Å². The molecule has 1 aromatic carbocycles. The molecule has 0 aliphatic carbocycles. The maximum absolute atomic E-state index is 5.33. The Hall–Kier alpha value is -1.61. The van der Waals surface area contributed by atoms with E-state index in [1.165, 1.54) is 24.0 Å². The van der Waals surface area contributed by atoms with Crippen LogP contribution in [-0.4, -0.2) is 16.6 Å². The van der Waals surface area contributed by atoms with Gasteiger partial charge in [0.2, 0.25) is 0 Å². The summed E-state index contributed by atoms with van der Waals surface area (Å²) in [5.41, 5.74) is 3.72. The average Bonchev–Trinajstić information content (AvgIpc) is 2.98. The molecule has 0 amide bonds. The van der Waals surface area contributed by atoms with Crippen LogP contribution in [0.2, 0.25) is 0 Å². The third-order valence-corrected chi connectivity index (χ3v) is 4.01. The van der Waals surface area contributed by atoms with Crippen LogP contribution in [0.25, 0.3) is 0 Å². The molecule has 0 spiro atoms. The van der Waals surface area contributed by atoms with Gasteiger partial charge in [-0.05, 0) is 38.8 Å². The van der Waals surface area contributed by atoms with E-state index >= 15 is 0 Å². The number of aromatic nitrogens is 1. The normalized spacial score (nSPS) is 20.0. The van der Waals surface area contributed by atoms with Crippen molar-refractivity contribution < 1.29 is 4.52 Å². The summed E-state index contributed by atoms with van der Waals surface area (Å²) < 4.78 is 5.33. The fourth-order valence-corrected chi connectivity index (χ4v) is 3.13. The molecule has 2 heterocycles. The van der Waals surface area contributed by atoms with Crippen molar-refractivity contribution in [2.24, 2.45) is 0 Å². The lowest BCUT2D eigenvalue weighted by Crippen LogP contribution is -2.23. The second-order valence-electron chi connectivity index (χ2n) is 5.35. The van der Waals surface area contributed by atoms with Crippen molar-refractivity contribution in [3.8, 4) is 0 Å². The number of nitrogens with zero attached hydrogens (tertiary/aromatic N) is 2. The molecule has 0 unspecified atom stereocenters. The Morgan fingerprint density at radius 1 is 1.26 bits per heavy atom. The molecule has 0 N–H and O–H groups in total. The van der Waals surface area contributed by atoms with Gasteiger partial charge in [-0.3, -0.25) is 4.90 Å². The quantitative estimate of drug-likeness (QED) is 0.839. The summed E-state index contributed by atoms with van der Waals surface area (Å²) >= 11 is 0. The van der Waals surface area contributed by atoms with Crippen molar-refractivity contribution in [1.29, 1.82) is 0 Å². The first-order chi connectivity index (χ1) is 9.25. The summed E-state index contributed by atoms with van der Waals surface area (Å²) in [7, 11) is 0. The molecule has 1 fully saturated rings. The van der Waals surface area contributed by atoms with E-state index in [0.717, 1.165) is 24.5 Å². The van der Waals surface area contributed by atoms with Gasteiger partial charge in [0.1, 0.15) is 5.76 Å². The van der Waals surface area contributed by atoms with Crippen LogP contribution in [0.3, 0.4) is 0 Å². The number of hydrogen-bond acceptors (Lipinski definition) is 3. The van der Waals surface area contributed by atoms with Crippen molar-refractivity contribution in [3.05, 3.63) is 52.9 Å². The Morgan fingerprint density at radius 2 is 2.05 bits per heavy atom. The predicted molar refractivity (Wildman–Crippen MR) is 74.8 cm³/mol. The van der Waals surface area contributed by atoms with Gasteiger partial charge in [-0.1, -0.05) is 35.5 Å². The van der Waals surface area contributed by atoms with E-state index in [0.29, 0.717) is 6.04 Å². The zero-order chi connectivity index (χ0) is 13.2. The van der Waals surface area contributed by atoms with E-state index in [1.807, 2.05) is 13.8 Å². The largest absolute Gasteiger partial charge is 0.361 e. The SMILES string of the molecule is Cc1noc(C)c1[C@@H]1CCCN1Cc1ccccc1. The number of likely N-dealkylation sites (tertiary alicyclic amines) is 1. The third-order valence-electron chi connectivity index (χ3n) is 4.01. The van der Waals surface area contributed by atoms with Gasteiger partial charge < -0.3 is 4.52 Å². The zero-order valence-corrected chi connectivity index (χ0v) is 11.6. The molecule has 1 aromatic heterocycles. The highest BCUT2D eigenvalue weighted by atomic mass is 16.5. The first-order valence-electron chi connectivity index (χ1n) is 6.96. The third kappa shape index (κ3) is 2.43. The maximum Gasteiger partial charge on any atom is 0.138 e. The van der Waals surface area contributed by atoms with Crippen LogP contribution < -0.4 is 0 Å². The summed E-state index contributed by atoms with van der Waals surface area (Å²) in [6.45, 7) is 6.23. The fraction of sp³-hybridized carbons (Fsp3) is 0.438. The molecule has 1 atom stereocenters. The van der Waals surface area contributed by atoms with Gasteiger partial charge >= 0.3 is 0 Å². The van der Waals surface area contributed by atoms with E-state index < -0.39 is 0 Å². The number of benzene rings is 1. The highest BCUT2D eigenvalue weighted by Gasteiger charge is 2.30. The summed E-state index contributed by atoms with van der Waals surface area (Å²) in [6.07, 6.45) is 2.46. The van der Waals surface area contributed by atoms with Crippen LogP contribution in [0.15, 0.2) is 34.9 Å². The Morgan fingerprint density at radius 3 is 2.74 bits per heavy atom. The summed E-state index contributed by atoms with van der Waals surface area (Å²) in [6, 6.07) is 11.1. The van der Waals surface area contributed by atoms with E-state index in [-0.39, 0.29) is 0 Å². The van der Waals surface area contributed by atoms with Gasteiger partial charge in [0, 0.05) is 18.2 Å². The average molecular weight is 256 g/mol. The van der Waals surface area contributed by atoms with Crippen LogP contribution in [0.5, 0.6) is 0 Å². The molecule has 3 heteroatoms. The monoisotopic (exact) mass is 256 g/mol. The minimum atomic E-state index is 0.464. The van der Waals surface area contributed by atoms with Crippen molar-refractivity contribution in [3.63, 3.8) is 0 Å². The molecular formula is C16H20N2O. The minimum absolute atomic E-state index is 0.464. The predicted octanol–water partition coefficient (Wildman–Crippen LogP) is 3.63. The molecule has 3 rings (SSSR count). The molecule has 100 valence electrons. The van der Waals surface area contributed by atoms with Crippen molar-refractivity contribution in [2.75, 3.05) is 6.54 Å². The Kier molecular flexibility index (Phi) is 3.38. The van der Waals surface area contributed by atoms with Gasteiger partial charge in [-0.15, -0.1) is 0 Å². The van der Waals surface area contributed by atoms with Crippen molar-refractivity contribution in [2.45, 2.75) is 39.3 Å². The summed E-state index contributed by atoms with van der Waals surface area (Å²) in [4.78, 5) is 2.54.